The van der Waals surface area contributed by atoms with Crippen LogP contribution in [0.15, 0.2) is 24.3 Å². The fourth-order valence-electron chi connectivity index (χ4n) is 2.03. The van der Waals surface area contributed by atoms with Gasteiger partial charge in [-0.15, -0.1) is 0 Å². The lowest BCUT2D eigenvalue weighted by Crippen LogP contribution is -1.95. The first kappa shape index (κ1) is 16.0. The molecule has 0 radical (unpaired) electrons. The maximum Gasteiger partial charge on any atom is 0.0627 e. The van der Waals surface area contributed by atoms with E-state index in [-0.39, 0.29) is 0 Å². The second kappa shape index (κ2) is 6.58. The van der Waals surface area contributed by atoms with Gasteiger partial charge in [-0.25, -0.2) is 0 Å². The van der Waals surface area contributed by atoms with Gasteiger partial charge in [0.25, 0.3) is 0 Å². The number of aryl methyl sites for hydroxylation is 4. The highest BCUT2D eigenvalue weighted by Crippen LogP contribution is 2.31. The molecule has 0 heterocycles. The normalized spacial score (nSPS) is 10.9. The number of hydrogen-bond acceptors (Lipinski definition) is 0. The molecule has 0 spiro atoms. The van der Waals surface area contributed by atoms with Crippen LogP contribution in [0.1, 0.15) is 22.3 Å². The second-order valence-corrected chi connectivity index (χ2v) is 6.43. The Hall–Kier alpha value is -0.400. The zero-order valence-electron chi connectivity index (χ0n) is 11.2. The van der Waals surface area contributed by atoms with E-state index in [0.29, 0.717) is 10.0 Å². The van der Waals surface area contributed by atoms with Crippen LogP contribution in [0.2, 0.25) is 20.1 Å². The van der Waals surface area contributed by atoms with Crippen LogP contribution in [0.25, 0.3) is 0 Å². The van der Waals surface area contributed by atoms with Gasteiger partial charge < -0.3 is 0 Å². The Morgan fingerprint density at radius 2 is 1.35 bits per heavy atom. The summed E-state index contributed by atoms with van der Waals surface area (Å²) in [5, 5.41) is 2.72. The monoisotopic (exact) mass is 346 g/mol. The lowest BCUT2D eigenvalue weighted by Gasteiger charge is -2.10. The van der Waals surface area contributed by atoms with Crippen LogP contribution < -0.4 is 0 Å². The molecule has 0 bridgehead atoms. The molecule has 2 aromatic rings. The average Bonchev–Trinajstić information content (AvgIpc) is 2.40. The van der Waals surface area contributed by atoms with E-state index < -0.39 is 0 Å². The second-order valence-electron chi connectivity index (χ2n) is 4.86. The van der Waals surface area contributed by atoms with Crippen molar-refractivity contribution < 1.29 is 0 Å². The molecule has 0 saturated heterocycles. The number of rotatable bonds is 3. The van der Waals surface area contributed by atoms with Gasteiger partial charge in [-0.1, -0.05) is 58.5 Å². The number of halogens is 4. The summed E-state index contributed by atoms with van der Waals surface area (Å²) >= 11 is 24.8. The molecule has 4 heteroatoms. The van der Waals surface area contributed by atoms with E-state index in [2.05, 4.69) is 0 Å². The highest BCUT2D eigenvalue weighted by molar-refractivity contribution is 6.43. The minimum atomic E-state index is 0.622. The molecule has 106 valence electrons. The first-order valence-corrected chi connectivity index (χ1v) is 7.79. The zero-order chi connectivity index (χ0) is 14.9. The van der Waals surface area contributed by atoms with Gasteiger partial charge in [0.05, 0.1) is 10.0 Å². The van der Waals surface area contributed by atoms with Crippen LogP contribution in [0, 0.1) is 13.8 Å². The van der Waals surface area contributed by atoms with Crippen molar-refractivity contribution in [2.45, 2.75) is 26.7 Å². The molecule has 0 fully saturated rings. The predicted octanol–water partition coefficient (Wildman–Crippen LogP) is 6.70. The van der Waals surface area contributed by atoms with Crippen LogP contribution in [-0.2, 0) is 12.8 Å². The Morgan fingerprint density at radius 1 is 0.700 bits per heavy atom. The molecule has 0 N–H and O–H groups in total. The first-order valence-electron chi connectivity index (χ1n) is 6.28. The van der Waals surface area contributed by atoms with Crippen LogP contribution >= 0.6 is 46.4 Å². The molecule has 0 amide bonds. The Balaban J connectivity index is 2.21. The predicted molar refractivity (Wildman–Crippen MR) is 89.8 cm³/mol. The van der Waals surface area contributed by atoms with E-state index in [0.717, 1.165) is 45.1 Å². The van der Waals surface area contributed by atoms with Gasteiger partial charge in [0.2, 0.25) is 0 Å². The van der Waals surface area contributed by atoms with Gasteiger partial charge in [-0.2, -0.15) is 0 Å². The summed E-state index contributed by atoms with van der Waals surface area (Å²) in [6.45, 7) is 3.88. The molecule has 0 aromatic heterocycles. The first-order chi connectivity index (χ1) is 9.40. The third kappa shape index (κ3) is 3.43. The number of benzene rings is 2. The van der Waals surface area contributed by atoms with Crippen molar-refractivity contribution in [3.63, 3.8) is 0 Å². The van der Waals surface area contributed by atoms with Crippen molar-refractivity contribution >= 4 is 46.4 Å². The topological polar surface area (TPSA) is 0 Å². The van der Waals surface area contributed by atoms with Gasteiger partial charge in [0.15, 0.2) is 0 Å². The fourth-order valence-corrected chi connectivity index (χ4v) is 3.02. The Morgan fingerprint density at radius 3 is 2.05 bits per heavy atom. The maximum atomic E-state index is 6.27. The molecular formula is C16H14Cl4. The third-order valence-electron chi connectivity index (χ3n) is 3.35. The highest BCUT2D eigenvalue weighted by Gasteiger charge is 2.10. The largest absolute Gasteiger partial charge is 0.0840 e. The van der Waals surface area contributed by atoms with Crippen molar-refractivity contribution in [3.05, 3.63) is 66.6 Å². The van der Waals surface area contributed by atoms with Crippen molar-refractivity contribution in [2.24, 2.45) is 0 Å². The highest BCUT2D eigenvalue weighted by atomic mass is 35.5. The van der Waals surface area contributed by atoms with Gasteiger partial charge >= 0.3 is 0 Å². The van der Waals surface area contributed by atoms with Crippen LogP contribution in [0.4, 0.5) is 0 Å². The molecule has 0 saturated carbocycles. The summed E-state index contributed by atoms with van der Waals surface area (Å²) in [6.07, 6.45) is 1.55. The molecule has 0 aliphatic heterocycles. The molecule has 0 unspecified atom stereocenters. The van der Waals surface area contributed by atoms with E-state index >= 15 is 0 Å². The molecule has 0 nitrogen and oxygen atoms in total. The summed E-state index contributed by atoms with van der Waals surface area (Å²) in [7, 11) is 0. The molecule has 0 aliphatic carbocycles. The molecule has 0 aliphatic rings. The third-order valence-corrected chi connectivity index (χ3v) is 5.12. The Labute approximate surface area is 139 Å². The summed E-state index contributed by atoms with van der Waals surface area (Å²) in [5.74, 6) is 0. The number of hydrogen-bond donors (Lipinski definition) is 0. The smallest absolute Gasteiger partial charge is 0.0627 e. The van der Waals surface area contributed by atoms with E-state index in [4.69, 9.17) is 46.4 Å². The summed E-state index contributed by atoms with van der Waals surface area (Å²) in [4.78, 5) is 0. The van der Waals surface area contributed by atoms with Crippen molar-refractivity contribution in [2.75, 3.05) is 0 Å². The summed E-state index contributed by atoms with van der Waals surface area (Å²) < 4.78 is 0. The molecule has 2 rings (SSSR count). The van der Waals surface area contributed by atoms with Gasteiger partial charge in [-0.05, 0) is 61.1 Å². The maximum absolute atomic E-state index is 6.27. The lowest BCUT2D eigenvalue weighted by molar-refractivity contribution is 0.959. The minimum absolute atomic E-state index is 0.622. The average molecular weight is 348 g/mol. The lowest BCUT2D eigenvalue weighted by atomic mass is 10.0. The van der Waals surface area contributed by atoms with E-state index in [1.54, 1.807) is 0 Å². The van der Waals surface area contributed by atoms with Crippen LogP contribution in [-0.4, -0.2) is 0 Å². The fraction of sp³-hybridized carbons (Fsp3) is 0.250. The van der Waals surface area contributed by atoms with Gasteiger partial charge in [-0.3, -0.25) is 0 Å². The van der Waals surface area contributed by atoms with E-state index in [1.807, 2.05) is 38.1 Å². The zero-order valence-corrected chi connectivity index (χ0v) is 14.3. The standard InChI is InChI=1S/C16H14Cl4/c1-9-3-4-11(16(20)15(9)19)5-6-12-8-13(17)10(2)7-14(12)18/h3-4,7-8H,5-6H2,1-2H3. The van der Waals surface area contributed by atoms with E-state index in [1.165, 1.54) is 0 Å². The van der Waals surface area contributed by atoms with Gasteiger partial charge in [0.1, 0.15) is 0 Å². The molecule has 0 atom stereocenters. The SMILES string of the molecule is Cc1cc(Cl)c(CCc2ccc(C)c(Cl)c2Cl)cc1Cl. The summed E-state index contributed by atoms with van der Waals surface area (Å²) in [5.41, 5.74) is 4.01. The summed E-state index contributed by atoms with van der Waals surface area (Å²) in [6, 6.07) is 7.80. The van der Waals surface area contributed by atoms with Crippen molar-refractivity contribution in [1.29, 1.82) is 0 Å². The van der Waals surface area contributed by atoms with Crippen molar-refractivity contribution in [3.8, 4) is 0 Å². The van der Waals surface area contributed by atoms with Gasteiger partial charge in [0, 0.05) is 10.0 Å². The Bertz CT molecular complexity index is 645. The quantitative estimate of drug-likeness (QED) is 0.579. The van der Waals surface area contributed by atoms with Crippen molar-refractivity contribution in [1.82, 2.24) is 0 Å². The van der Waals surface area contributed by atoms with Crippen LogP contribution in [0.3, 0.4) is 0 Å². The molecule has 20 heavy (non-hydrogen) atoms. The Kier molecular flexibility index (Phi) is 5.25. The van der Waals surface area contributed by atoms with Crippen LogP contribution in [0.5, 0.6) is 0 Å². The molecular weight excluding hydrogens is 334 g/mol. The van der Waals surface area contributed by atoms with E-state index in [9.17, 15) is 0 Å². The molecule has 2 aromatic carbocycles. The minimum Gasteiger partial charge on any atom is -0.0840 e.